The van der Waals surface area contributed by atoms with Crippen molar-refractivity contribution in [3.8, 4) is 0 Å². The molecule has 30 heavy (non-hydrogen) atoms. The van der Waals surface area contributed by atoms with Gasteiger partial charge in [0, 0.05) is 24.6 Å². The number of hydrogen-bond acceptors (Lipinski definition) is 7. The quantitative estimate of drug-likeness (QED) is 0.576. The average molecular weight is 452 g/mol. The highest BCUT2D eigenvalue weighted by Crippen LogP contribution is 2.40. The number of piperidine rings is 1. The highest BCUT2D eigenvalue weighted by atomic mass is 32.1. The Morgan fingerprint density at radius 1 is 1.23 bits per heavy atom. The van der Waals surface area contributed by atoms with Crippen LogP contribution in [0.15, 0.2) is 6.07 Å². The lowest BCUT2D eigenvalue weighted by Crippen LogP contribution is -2.47. The minimum absolute atomic E-state index is 0.0177. The van der Waals surface area contributed by atoms with E-state index in [2.05, 4.69) is 38.8 Å². The van der Waals surface area contributed by atoms with Crippen molar-refractivity contribution in [2.24, 2.45) is 0 Å². The molecule has 1 saturated heterocycles. The Balaban J connectivity index is 1.85. The average Bonchev–Trinajstić information content (AvgIpc) is 2.97. The van der Waals surface area contributed by atoms with E-state index in [0.717, 1.165) is 24.2 Å². The first-order valence-electron chi connectivity index (χ1n) is 9.94. The van der Waals surface area contributed by atoms with Gasteiger partial charge in [0.15, 0.2) is 8.32 Å². The van der Waals surface area contributed by atoms with Crippen molar-refractivity contribution in [1.29, 1.82) is 0 Å². The molecule has 0 saturated carbocycles. The molecule has 2 aromatic heterocycles. The van der Waals surface area contributed by atoms with Crippen molar-refractivity contribution < 1.29 is 24.2 Å². The number of carboxylic acids is 2. The zero-order chi connectivity index (χ0) is 22.4. The first kappa shape index (κ1) is 22.5. The van der Waals surface area contributed by atoms with E-state index in [9.17, 15) is 19.8 Å². The van der Waals surface area contributed by atoms with E-state index in [1.165, 1.54) is 6.07 Å². The van der Waals surface area contributed by atoms with Crippen LogP contribution in [-0.4, -0.2) is 54.6 Å². The van der Waals surface area contributed by atoms with Gasteiger partial charge in [0.25, 0.3) is 0 Å². The minimum atomic E-state index is -1.85. The predicted molar refractivity (Wildman–Crippen MR) is 121 cm³/mol. The lowest BCUT2D eigenvalue weighted by molar-refractivity contribution is 0.0688. The normalized spacial score (nSPS) is 16.2. The Morgan fingerprint density at radius 2 is 1.83 bits per heavy atom. The van der Waals surface area contributed by atoms with E-state index < -0.39 is 20.3 Å². The molecule has 3 heterocycles. The largest absolute Gasteiger partial charge is 0.478 e. The number of rotatable bonds is 5. The van der Waals surface area contributed by atoms with Crippen LogP contribution in [-0.2, 0) is 4.43 Å². The molecule has 164 valence electrons. The number of aromatic nitrogens is 1. The fourth-order valence-electron chi connectivity index (χ4n) is 3.39. The molecule has 8 nitrogen and oxygen atoms in total. The number of nitrogens with two attached hydrogens (primary N) is 1. The van der Waals surface area contributed by atoms with Gasteiger partial charge in [-0.15, -0.1) is 11.3 Å². The van der Waals surface area contributed by atoms with Crippen LogP contribution in [0.4, 0.5) is 11.5 Å². The Labute approximate surface area is 180 Å². The van der Waals surface area contributed by atoms with Crippen molar-refractivity contribution in [2.45, 2.75) is 57.8 Å². The second kappa shape index (κ2) is 7.82. The SMILES string of the molecule is CC(C)(C)[Si](C)(C)OC1CCN(c2cc(C(=O)O)c3c(N)c(C(=O)O)sc3n2)CC1. The standard InChI is InChI=1S/C20H29N3O5SSi/c1-20(2,3)30(4,5)28-11-6-8-23(9-7-11)13-10-12(18(24)25)14-15(21)16(19(26)27)29-17(14)22-13/h10-11H,6-9,21H2,1-5H3,(H,24,25)(H,26,27). The van der Waals surface area contributed by atoms with Crippen LogP contribution in [0, 0.1) is 0 Å². The summed E-state index contributed by atoms with van der Waals surface area (Å²) in [6, 6.07) is 1.49. The molecule has 2 aromatic rings. The van der Waals surface area contributed by atoms with Gasteiger partial charge >= 0.3 is 11.9 Å². The van der Waals surface area contributed by atoms with Gasteiger partial charge in [-0.3, -0.25) is 0 Å². The number of nitrogen functional groups attached to an aromatic ring is 1. The molecule has 3 rings (SSSR count). The summed E-state index contributed by atoms with van der Waals surface area (Å²) in [7, 11) is -1.85. The topological polar surface area (TPSA) is 126 Å². The molecule has 1 fully saturated rings. The lowest BCUT2D eigenvalue weighted by atomic mass is 10.1. The Kier molecular flexibility index (Phi) is 5.87. The maximum absolute atomic E-state index is 11.8. The van der Waals surface area contributed by atoms with E-state index >= 15 is 0 Å². The number of nitrogens with zero attached hydrogens (tertiary/aromatic N) is 2. The molecule has 0 atom stereocenters. The monoisotopic (exact) mass is 451 g/mol. The second-order valence-corrected chi connectivity index (χ2v) is 15.0. The van der Waals surface area contributed by atoms with Gasteiger partial charge in [0.05, 0.1) is 11.3 Å². The van der Waals surface area contributed by atoms with Gasteiger partial charge in [-0.05, 0) is 37.0 Å². The third-order valence-corrected chi connectivity index (χ3v) is 11.8. The van der Waals surface area contributed by atoms with Crippen molar-refractivity contribution in [2.75, 3.05) is 23.7 Å². The number of aromatic carboxylic acids is 2. The smallest absolute Gasteiger partial charge is 0.348 e. The number of hydrogen-bond donors (Lipinski definition) is 3. The summed E-state index contributed by atoms with van der Waals surface area (Å²) in [6.45, 7) is 12.6. The zero-order valence-electron chi connectivity index (χ0n) is 18.0. The first-order chi connectivity index (χ1) is 13.8. The summed E-state index contributed by atoms with van der Waals surface area (Å²) in [6.07, 6.45) is 1.85. The third-order valence-electron chi connectivity index (χ3n) is 6.14. The van der Waals surface area contributed by atoms with E-state index in [0.29, 0.717) is 23.7 Å². The number of pyridine rings is 1. The van der Waals surface area contributed by atoms with Gasteiger partial charge in [-0.25, -0.2) is 14.6 Å². The van der Waals surface area contributed by atoms with E-state index in [4.69, 9.17) is 10.2 Å². The molecule has 1 aliphatic rings. The summed E-state index contributed by atoms with van der Waals surface area (Å²) >= 11 is 0.908. The van der Waals surface area contributed by atoms with Gasteiger partial charge < -0.3 is 25.3 Å². The van der Waals surface area contributed by atoms with Crippen LogP contribution < -0.4 is 10.6 Å². The van der Waals surface area contributed by atoms with Crippen LogP contribution in [0.5, 0.6) is 0 Å². The number of anilines is 2. The molecule has 0 unspecified atom stereocenters. The van der Waals surface area contributed by atoms with Crippen molar-refractivity contribution >= 4 is 53.3 Å². The number of carboxylic acid groups (broad SMARTS) is 2. The third kappa shape index (κ3) is 4.16. The fourth-order valence-corrected chi connectivity index (χ4v) is 5.77. The molecule has 0 aliphatic carbocycles. The number of fused-ring (bicyclic) bond motifs is 1. The van der Waals surface area contributed by atoms with Gasteiger partial charge in [0.1, 0.15) is 15.5 Å². The minimum Gasteiger partial charge on any atom is -0.478 e. The molecule has 10 heteroatoms. The van der Waals surface area contributed by atoms with Gasteiger partial charge in [0.2, 0.25) is 0 Å². The predicted octanol–water partition coefficient (Wildman–Crippen LogP) is 4.27. The van der Waals surface area contributed by atoms with Gasteiger partial charge in [-0.2, -0.15) is 0 Å². The molecule has 0 radical (unpaired) electrons. The van der Waals surface area contributed by atoms with E-state index in [-0.39, 0.29) is 32.7 Å². The second-order valence-electron chi connectivity index (χ2n) is 9.23. The first-order valence-corrected chi connectivity index (χ1v) is 13.7. The fraction of sp³-hybridized carbons (Fsp3) is 0.550. The van der Waals surface area contributed by atoms with Crippen molar-refractivity contribution in [1.82, 2.24) is 4.98 Å². The Morgan fingerprint density at radius 3 is 2.33 bits per heavy atom. The summed E-state index contributed by atoms with van der Waals surface area (Å²) in [4.78, 5) is 30.1. The Hall–Kier alpha value is -2.17. The molecule has 4 N–H and O–H groups in total. The van der Waals surface area contributed by atoms with Crippen molar-refractivity contribution in [3.63, 3.8) is 0 Å². The maximum atomic E-state index is 11.8. The van der Waals surface area contributed by atoms with Crippen LogP contribution in [0.1, 0.15) is 53.6 Å². The van der Waals surface area contributed by atoms with Crippen LogP contribution >= 0.6 is 11.3 Å². The molecule has 0 spiro atoms. The Bertz CT molecular complexity index is 990. The number of carbonyl (C=O) groups is 2. The molecular weight excluding hydrogens is 422 g/mol. The van der Waals surface area contributed by atoms with Crippen LogP contribution in [0.2, 0.25) is 18.1 Å². The molecule has 0 bridgehead atoms. The van der Waals surface area contributed by atoms with Crippen LogP contribution in [0.3, 0.4) is 0 Å². The van der Waals surface area contributed by atoms with Crippen molar-refractivity contribution in [3.05, 3.63) is 16.5 Å². The summed E-state index contributed by atoms with van der Waals surface area (Å²) in [5, 5.41) is 19.3. The summed E-state index contributed by atoms with van der Waals surface area (Å²) < 4.78 is 6.52. The zero-order valence-corrected chi connectivity index (χ0v) is 19.8. The number of thiophene rings is 1. The highest BCUT2D eigenvalue weighted by molar-refractivity contribution is 7.21. The highest BCUT2D eigenvalue weighted by Gasteiger charge is 2.39. The van der Waals surface area contributed by atoms with E-state index in [1.807, 2.05) is 4.90 Å². The van der Waals surface area contributed by atoms with Gasteiger partial charge in [-0.1, -0.05) is 20.8 Å². The summed E-state index contributed by atoms with van der Waals surface area (Å²) in [5.74, 6) is -1.80. The van der Waals surface area contributed by atoms with Crippen LogP contribution in [0.25, 0.3) is 10.2 Å². The lowest BCUT2D eigenvalue weighted by Gasteiger charge is -2.42. The maximum Gasteiger partial charge on any atom is 0.348 e. The molecule has 0 aromatic carbocycles. The summed E-state index contributed by atoms with van der Waals surface area (Å²) in [5.41, 5.74) is 5.86. The molecular formula is C20H29N3O5SSi. The van der Waals surface area contributed by atoms with E-state index in [1.54, 1.807) is 0 Å². The molecule has 0 amide bonds. The molecule has 1 aliphatic heterocycles.